The first-order valence-electron chi connectivity index (χ1n) is 7.25. The van der Waals surface area contributed by atoms with E-state index in [0.29, 0.717) is 6.61 Å². The molecule has 3 heteroatoms. The second-order valence-corrected chi connectivity index (χ2v) is 5.57. The van der Waals surface area contributed by atoms with Gasteiger partial charge in [0.25, 0.3) is 0 Å². The predicted molar refractivity (Wildman–Crippen MR) is 90.2 cm³/mol. The van der Waals surface area contributed by atoms with Gasteiger partial charge in [0.2, 0.25) is 5.91 Å². The van der Waals surface area contributed by atoms with Crippen LogP contribution in [-0.2, 0) is 10.2 Å². The van der Waals surface area contributed by atoms with Crippen LogP contribution >= 0.6 is 0 Å². The zero-order chi connectivity index (χ0) is 16.0. The normalized spacial score (nSPS) is 10.8. The molecule has 0 spiro atoms. The highest BCUT2D eigenvalue weighted by atomic mass is 16.5. The lowest BCUT2D eigenvalue weighted by molar-refractivity contribution is -0.120. The lowest BCUT2D eigenvalue weighted by atomic mass is 9.83. The van der Waals surface area contributed by atoms with Crippen molar-refractivity contribution in [2.45, 2.75) is 19.3 Å². The van der Waals surface area contributed by atoms with E-state index in [1.807, 2.05) is 68.4 Å². The lowest BCUT2D eigenvalue weighted by Gasteiger charge is -2.24. The van der Waals surface area contributed by atoms with Crippen molar-refractivity contribution in [2.75, 3.05) is 11.9 Å². The highest BCUT2D eigenvalue weighted by Gasteiger charge is 2.29. The zero-order valence-corrected chi connectivity index (χ0v) is 13.0. The molecule has 0 saturated heterocycles. The van der Waals surface area contributed by atoms with Crippen LogP contribution in [0.2, 0.25) is 0 Å². The third-order valence-corrected chi connectivity index (χ3v) is 3.54. The minimum Gasteiger partial charge on any atom is -0.490 e. The topological polar surface area (TPSA) is 38.3 Å². The molecule has 0 aliphatic rings. The van der Waals surface area contributed by atoms with Crippen molar-refractivity contribution in [2.24, 2.45) is 0 Å². The number of hydrogen-bond donors (Lipinski definition) is 1. The van der Waals surface area contributed by atoms with Crippen LogP contribution in [0.25, 0.3) is 0 Å². The van der Waals surface area contributed by atoms with Crippen LogP contribution in [0.4, 0.5) is 5.69 Å². The van der Waals surface area contributed by atoms with E-state index in [1.54, 1.807) is 6.08 Å². The molecule has 0 saturated carbocycles. The Kier molecular flexibility index (Phi) is 4.99. The van der Waals surface area contributed by atoms with Crippen LogP contribution < -0.4 is 10.1 Å². The number of rotatable bonds is 6. The molecule has 0 aromatic heterocycles. The summed E-state index contributed by atoms with van der Waals surface area (Å²) in [4.78, 5) is 12.5. The van der Waals surface area contributed by atoms with Crippen LogP contribution in [0.15, 0.2) is 67.3 Å². The maximum atomic E-state index is 12.5. The van der Waals surface area contributed by atoms with Gasteiger partial charge in [-0.05, 0) is 43.7 Å². The maximum absolute atomic E-state index is 12.5. The van der Waals surface area contributed by atoms with Gasteiger partial charge in [-0.1, -0.05) is 43.0 Å². The molecule has 114 valence electrons. The summed E-state index contributed by atoms with van der Waals surface area (Å²) in [6.45, 7) is 7.90. The van der Waals surface area contributed by atoms with Gasteiger partial charge in [0.15, 0.2) is 0 Å². The van der Waals surface area contributed by atoms with Crippen molar-refractivity contribution < 1.29 is 9.53 Å². The van der Waals surface area contributed by atoms with Gasteiger partial charge in [-0.3, -0.25) is 4.79 Å². The molecule has 0 heterocycles. The van der Waals surface area contributed by atoms with E-state index in [-0.39, 0.29) is 5.91 Å². The van der Waals surface area contributed by atoms with Gasteiger partial charge in [0, 0.05) is 5.69 Å². The average molecular weight is 295 g/mol. The van der Waals surface area contributed by atoms with Crippen molar-refractivity contribution in [3.63, 3.8) is 0 Å². The standard InChI is InChI=1S/C19H21NO2/c1-4-14-22-17-12-10-16(11-13-17)20-18(21)19(2,3)15-8-6-5-7-9-15/h4-13H,1,14H2,2-3H3,(H,20,21). The highest BCUT2D eigenvalue weighted by Crippen LogP contribution is 2.25. The second kappa shape index (κ2) is 6.94. The summed E-state index contributed by atoms with van der Waals surface area (Å²) in [6, 6.07) is 17.1. The molecule has 0 fully saturated rings. The van der Waals surface area contributed by atoms with Gasteiger partial charge in [0.1, 0.15) is 12.4 Å². The van der Waals surface area contributed by atoms with Crippen molar-refractivity contribution in [3.05, 3.63) is 72.8 Å². The van der Waals surface area contributed by atoms with E-state index in [0.717, 1.165) is 17.0 Å². The summed E-state index contributed by atoms with van der Waals surface area (Å²) >= 11 is 0. The van der Waals surface area contributed by atoms with Gasteiger partial charge >= 0.3 is 0 Å². The van der Waals surface area contributed by atoms with E-state index < -0.39 is 5.41 Å². The average Bonchev–Trinajstić information content (AvgIpc) is 2.55. The molecule has 0 radical (unpaired) electrons. The molecule has 2 aromatic rings. The molecule has 0 bridgehead atoms. The number of benzene rings is 2. The third kappa shape index (κ3) is 3.76. The molecule has 2 aromatic carbocycles. The Morgan fingerprint density at radius 3 is 2.36 bits per heavy atom. The highest BCUT2D eigenvalue weighted by molar-refractivity contribution is 5.98. The van der Waals surface area contributed by atoms with Gasteiger partial charge in [-0.25, -0.2) is 0 Å². The summed E-state index contributed by atoms with van der Waals surface area (Å²) in [7, 11) is 0. The largest absolute Gasteiger partial charge is 0.490 e. The smallest absolute Gasteiger partial charge is 0.234 e. The number of anilines is 1. The lowest BCUT2D eigenvalue weighted by Crippen LogP contribution is -2.34. The van der Waals surface area contributed by atoms with Crippen molar-refractivity contribution in [1.82, 2.24) is 0 Å². The first-order valence-corrected chi connectivity index (χ1v) is 7.25. The fourth-order valence-electron chi connectivity index (χ4n) is 2.06. The molecule has 1 amide bonds. The van der Waals surface area contributed by atoms with Crippen LogP contribution in [-0.4, -0.2) is 12.5 Å². The molecule has 0 aliphatic carbocycles. The molecule has 1 N–H and O–H groups in total. The fourth-order valence-corrected chi connectivity index (χ4v) is 2.06. The van der Waals surface area contributed by atoms with Gasteiger partial charge in [-0.2, -0.15) is 0 Å². The van der Waals surface area contributed by atoms with Crippen LogP contribution in [0, 0.1) is 0 Å². The van der Waals surface area contributed by atoms with Crippen molar-refractivity contribution in [3.8, 4) is 5.75 Å². The van der Waals surface area contributed by atoms with E-state index in [1.165, 1.54) is 0 Å². The molecular formula is C19H21NO2. The van der Waals surface area contributed by atoms with E-state index >= 15 is 0 Å². The van der Waals surface area contributed by atoms with Crippen LogP contribution in [0.1, 0.15) is 19.4 Å². The molecule has 2 rings (SSSR count). The number of carbonyl (C=O) groups is 1. The summed E-state index contributed by atoms with van der Waals surface area (Å²) < 4.78 is 5.42. The number of ether oxygens (including phenoxy) is 1. The Labute approximate surface area is 131 Å². The van der Waals surface area contributed by atoms with Crippen LogP contribution in [0.5, 0.6) is 5.75 Å². The molecule has 3 nitrogen and oxygen atoms in total. The molecule has 22 heavy (non-hydrogen) atoms. The number of nitrogens with one attached hydrogen (secondary N) is 1. The minimum atomic E-state index is -0.598. The molecule has 0 unspecified atom stereocenters. The monoisotopic (exact) mass is 295 g/mol. The first kappa shape index (κ1) is 15.8. The van der Waals surface area contributed by atoms with E-state index in [2.05, 4.69) is 11.9 Å². The Morgan fingerprint density at radius 2 is 1.77 bits per heavy atom. The Balaban J connectivity index is 2.06. The minimum absolute atomic E-state index is 0.0431. The Hall–Kier alpha value is -2.55. The maximum Gasteiger partial charge on any atom is 0.234 e. The van der Waals surface area contributed by atoms with Gasteiger partial charge in [0.05, 0.1) is 5.41 Å². The van der Waals surface area contributed by atoms with E-state index in [9.17, 15) is 4.79 Å². The first-order chi connectivity index (χ1) is 10.5. The predicted octanol–water partition coefficient (Wildman–Crippen LogP) is 4.17. The molecule has 0 atom stereocenters. The summed E-state index contributed by atoms with van der Waals surface area (Å²) in [5, 5.41) is 2.95. The number of carbonyl (C=O) groups excluding carboxylic acids is 1. The summed E-state index contributed by atoms with van der Waals surface area (Å²) in [5.41, 5.74) is 1.14. The Morgan fingerprint density at radius 1 is 1.14 bits per heavy atom. The molecular weight excluding hydrogens is 274 g/mol. The molecule has 0 aliphatic heterocycles. The van der Waals surface area contributed by atoms with Crippen molar-refractivity contribution >= 4 is 11.6 Å². The third-order valence-electron chi connectivity index (χ3n) is 3.54. The second-order valence-electron chi connectivity index (χ2n) is 5.57. The summed E-state index contributed by atoms with van der Waals surface area (Å²) in [5.74, 6) is 0.707. The summed E-state index contributed by atoms with van der Waals surface area (Å²) in [6.07, 6.45) is 1.69. The van der Waals surface area contributed by atoms with E-state index in [4.69, 9.17) is 4.74 Å². The SMILES string of the molecule is C=CCOc1ccc(NC(=O)C(C)(C)c2ccccc2)cc1. The van der Waals surface area contributed by atoms with Gasteiger partial charge < -0.3 is 10.1 Å². The van der Waals surface area contributed by atoms with Crippen molar-refractivity contribution in [1.29, 1.82) is 0 Å². The number of amides is 1. The van der Waals surface area contributed by atoms with Crippen LogP contribution in [0.3, 0.4) is 0 Å². The number of hydrogen-bond acceptors (Lipinski definition) is 2. The van der Waals surface area contributed by atoms with Gasteiger partial charge in [-0.15, -0.1) is 0 Å². The quantitative estimate of drug-likeness (QED) is 0.812. The fraction of sp³-hybridized carbons (Fsp3) is 0.211. The zero-order valence-electron chi connectivity index (χ0n) is 13.0. The Bertz CT molecular complexity index is 630.